The first-order chi connectivity index (χ1) is 32.0. The third-order valence-electron chi connectivity index (χ3n) is 10.8. The molecule has 390 valence electrons. The Kier molecular flexibility index (Phi) is 25.6. The number of aromatic nitrogens is 4. The Morgan fingerprint density at radius 3 is 2.06 bits per heavy atom. The lowest BCUT2D eigenvalue weighted by Gasteiger charge is -2.30. The van der Waals surface area contributed by atoms with Gasteiger partial charge >= 0.3 is 23.5 Å². The number of carbonyl (C=O) groups is 3. The zero-order valence-corrected chi connectivity index (χ0v) is 42.2. The number of nitrogens with two attached hydrogens (primary N) is 1. The monoisotopic (exact) mass is 1050 g/mol. The van der Waals surface area contributed by atoms with Crippen LogP contribution < -0.4 is 16.4 Å². The molecule has 0 spiro atoms. The molecule has 68 heavy (non-hydrogen) atoms. The fourth-order valence-corrected chi connectivity index (χ4v) is 10.6. The molecule has 0 bridgehead atoms. The van der Waals surface area contributed by atoms with Crippen molar-refractivity contribution >= 4 is 69.1 Å². The number of nitrogen functional groups attached to an aromatic ring is 1. The van der Waals surface area contributed by atoms with E-state index >= 15 is 0 Å². The number of aliphatic hydroxyl groups excluding tert-OH is 3. The van der Waals surface area contributed by atoms with E-state index in [0.717, 1.165) is 54.7 Å². The minimum Gasteiger partial charge on any atom is -0.386 e. The zero-order chi connectivity index (χ0) is 50.5. The Bertz CT molecular complexity index is 2030. The third-order valence-corrected chi connectivity index (χ3v) is 14.9. The number of thioether (sulfide) groups is 1. The summed E-state index contributed by atoms with van der Waals surface area (Å²) in [6.45, 7) is 2.59. The van der Waals surface area contributed by atoms with E-state index in [9.17, 15) is 63.0 Å². The van der Waals surface area contributed by atoms with E-state index in [2.05, 4.69) is 41.3 Å². The predicted molar refractivity (Wildman–Crippen MR) is 248 cm³/mol. The number of ether oxygens (including phenoxy) is 1. The van der Waals surface area contributed by atoms with E-state index in [-0.39, 0.29) is 47.4 Å². The molecule has 8 atom stereocenters. The van der Waals surface area contributed by atoms with Crippen LogP contribution in [0.3, 0.4) is 0 Å². The quantitative estimate of drug-likeness (QED) is 0.0346. The van der Waals surface area contributed by atoms with Gasteiger partial charge in [0.25, 0.3) is 0 Å². The Morgan fingerprint density at radius 2 is 1.46 bits per heavy atom. The van der Waals surface area contributed by atoms with Gasteiger partial charge in [0.2, 0.25) is 16.9 Å². The number of unbranched alkanes of at least 4 members (excludes halogenated alkanes) is 13. The number of hydrogen-bond acceptors (Lipinski definition) is 19. The number of anilines is 1. The normalized spacial score (nSPS) is 20.4. The Balaban J connectivity index is 1.31. The van der Waals surface area contributed by atoms with E-state index in [1.807, 2.05) is 0 Å². The van der Waals surface area contributed by atoms with Gasteiger partial charge in [-0.1, -0.05) is 122 Å². The maximum absolute atomic E-state index is 12.7. The fourth-order valence-electron chi connectivity index (χ4n) is 7.03. The van der Waals surface area contributed by atoms with Gasteiger partial charge in [-0.3, -0.25) is 32.5 Å². The molecule has 3 rings (SSSR count). The molecule has 1 fully saturated rings. The Labute approximate surface area is 399 Å². The number of hydrogen-bond donors (Lipinski definition) is 10. The first kappa shape index (κ1) is 59.8. The number of carbonyl (C=O) groups excluding carboxylic acids is 3. The summed E-state index contributed by atoms with van der Waals surface area (Å²) < 4.78 is 62.4. The number of amides is 2. The highest BCUT2D eigenvalue weighted by atomic mass is 32.2. The van der Waals surface area contributed by atoms with Crippen molar-refractivity contribution in [1.29, 1.82) is 0 Å². The van der Waals surface area contributed by atoms with Crippen molar-refractivity contribution in [1.82, 2.24) is 30.2 Å². The lowest BCUT2D eigenvalue weighted by atomic mass is 9.87. The summed E-state index contributed by atoms with van der Waals surface area (Å²) in [5, 5.41) is 36.4. The summed E-state index contributed by atoms with van der Waals surface area (Å²) in [6, 6.07) is 0. The first-order valence-electron chi connectivity index (χ1n) is 22.7. The second-order valence-electron chi connectivity index (χ2n) is 17.1. The highest BCUT2D eigenvalue weighted by Gasteiger charge is 2.50. The molecule has 11 N–H and O–H groups in total. The standard InChI is InChI=1S/C39H70N7O18P3S/c1-4-5-6-7-8-9-10-11-12-13-14-15-16-17-18-27(47)38(52)68-22-21-41-29(48)19-20-42-36(51)33(50)39(2,3)24-61-67(58,59)64-66(56,57)60-23-28-32(63-65(53,54)55)31(49)37(62-28)46-26-45-30-34(40)43-25-44-35(30)46/h25-28,31-33,37,47,49-50H,4-24H2,1-3H3,(H,41,48)(H,42,51)(H,56,57)(H,58,59)(H2,40,43,44)(H2,53,54,55)/t27?,28-,31-,32-,33+,37-/m1/s1. The summed E-state index contributed by atoms with van der Waals surface area (Å²) in [7, 11) is -16.4. The molecule has 1 aliphatic heterocycles. The van der Waals surface area contributed by atoms with E-state index in [1.165, 1.54) is 78.1 Å². The van der Waals surface area contributed by atoms with Crippen molar-refractivity contribution in [3.63, 3.8) is 0 Å². The lowest BCUT2D eigenvalue weighted by Crippen LogP contribution is -2.46. The minimum atomic E-state index is -5.59. The van der Waals surface area contributed by atoms with Crippen LogP contribution in [0.4, 0.5) is 5.82 Å². The zero-order valence-electron chi connectivity index (χ0n) is 38.7. The summed E-state index contributed by atoms with van der Waals surface area (Å²) in [5.41, 5.74) is 4.25. The molecule has 3 unspecified atom stereocenters. The van der Waals surface area contributed by atoms with E-state index in [4.69, 9.17) is 19.5 Å². The van der Waals surface area contributed by atoms with E-state index < -0.39 is 90.7 Å². The van der Waals surface area contributed by atoms with Crippen LogP contribution in [-0.4, -0.2) is 134 Å². The van der Waals surface area contributed by atoms with Gasteiger partial charge in [-0.25, -0.2) is 28.6 Å². The van der Waals surface area contributed by atoms with Gasteiger partial charge in [-0.15, -0.1) is 0 Å². The summed E-state index contributed by atoms with van der Waals surface area (Å²) in [5.74, 6) is -1.28. The molecule has 0 aliphatic carbocycles. The molecule has 0 aromatic carbocycles. The van der Waals surface area contributed by atoms with Gasteiger partial charge in [0.15, 0.2) is 17.7 Å². The van der Waals surface area contributed by atoms with Gasteiger partial charge in [0.05, 0.1) is 19.5 Å². The van der Waals surface area contributed by atoms with Crippen molar-refractivity contribution in [2.45, 2.75) is 160 Å². The molecule has 1 aliphatic rings. The Morgan fingerprint density at radius 1 is 0.868 bits per heavy atom. The SMILES string of the molecule is CCCCCCCCCCCCCCCCC(O)C(=O)SCCNC(=O)CCNC(=O)[C@H](O)C(C)(C)COP(=O)(O)OP(=O)(O)OC[C@H]1O[C@@H](n2cnc3c(N)ncnc32)[C@H](O)[C@@H]1OP(=O)(O)O. The smallest absolute Gasteiger partial charge is 0.386 e. The average molecular weight is 1050 g/mol. The largest absolute Gasteiger partial charge is 0.481 e. The summed E-state index contributed by atoms with van der Waals surface area (Å²) >= 11 is 0.915. The lowest BCUT2D eigenvalue weighted by molar-refractivity contribution is -0.137. The minimum absolute atomic E-state index is 0.0279. The number of phosphoric acid groups is 3. The van der Waals surface area contributed by atoms with Gasteiger partial charge < -0.3 is 56.0 Å². The highest BCUT2D eigenvalue weighted by molar-refractivity contribution is 8.13. The maximum Gasteiger partial charge on any atom is 0.481 e. The number of phosphoric ester groups is 3. The molecule has 3 heterocycles. The number of aliphatic hydroxyl groups is 3. The van der Waals surface area contributed by atoms with Crippen molar-refractivity contribution in [2.24, 2.45) is 5.41 Å². The second-order valence-corrected chi connectivity index (χ2v) is 22.5. The topological polar surface area (TPSA) is 384 Å². The fraction of sp³-hybridized carbons (Fsp3) is 0.795. The van der Waals surface area contributed by atoms with Crippen LogP contribution in [0, 0.1) is 5.41 Å². The van der Waals surface area contributed by atoms with Crippen LogP contribution in [-0.2, 0) is 50.7 Å². The third kappa shape index (κ3) is 21.5. The summed E-state index contributed by atoms with van der Waals surface area (Å²) in [4.78, 5) is 88.5. The van der Waals surface area contributed by atoms with Gasteiger partial charge in [0.1, 0.15) is 42.4 Å². The number of imidazole rings is 1. The number of fused-ring (bicyclic) bond motifs is 1. The second kappa shape index (κ2) is 29.1. The molecule has 2 amide bonds. The maximum atomic E-state index is 12.7. The van der Waals surface area contributed by atoms with Crippen LogP contribution in [0.15, 0.2) is 12.7 Å². The predicted octanol–water partition coefficient (Wildman–Crippen LogP) is 3.90. The highest BCUT2D eigenvalue weighted by Crippen LogP contribution is 2.61. The number of nitrogens with one attached hydrogen (secondary N) is 2. The number of rotatable bonds is 35. The number of nitrogens with zero attached hydrogens (tertiary/aromatic N) is 4. The molecule has 2 aromatic heterocycles. The van der Waals surface area contributed by atoms with Gasteiger partial charge in [-0.2, -0.15) is 4.31 Å². The Hall–Kier alpha value is -2.48. The van der Waals surface area contributed by atoms with Crippen LogP contribution in [0.5, 0.6) is 0 Å². The van der Waals surface area contributed by atoms with Gasteiger partial charge in [-0.05, 0) is 6.42 Å². The summed E-state index contributed by atoms with van der Waals surface area (Å²) in [6.07, 6.45) is 9.23. The van der Waals surface area contributed by atoms with Crippen molar-refractivity contribution in [2.75, 3.05) is 37.8 Å². The molecular formula is C39H70N7O18P3S. The first-order valence-corrected chi connectivity index (χ1v) is 28.2. The van der Waals surface area contributed by atoms with Crippen molar-refractivity contribution in [3.8, 4) is 0 Å². The molecule has 29 heteroatoms. The molecule has 2 aromatic rings. The van der Waals surface area contributed by atoms with E-state index in [0.29, 0.717) is 6.42 Å². The molecule has 1 saturated heterocycles. The van der Waals surface area contributed by atoms with Crippen LogP contribution in [0.25, 0.3) is 11.2 Å². The average Bonchev–Trinajstić information content (AvgIpc) is 3.83. The van der Waals surface area contributed by atoms with Crippen LogP contribution in [0.1, 0.15) is 130 Å². The van der Waals surface area contributed by atoms with Gasteiger partial charge in [0, 0.05) is 30.7 Å². The van der Waals surface area contributed by atoms with E-state index in [1.54, 1.807) is 0 Å². The van der Waals surface area contributed by atoms with Crippen LogP contribution >= 0.6 is 35.2 Å². The van der Waals surface area contributed by atoms with Crippen molar-refractivity contribution < 1.29 is 85.6 Å². The molecular weight excluding hydrogens is 979 g/mol. The van der Waals surface area contributed by atoms with Crippen molar-refractivity contribution in [3.05, 3.63) is 12.7 Å². The molecule has 25 nitrogen and oxygen atoms in total. The van der Waals surface area contributed by atoms with Crippen LogP contribution in [0.2, 0.25) is 0 Å². The molecule has 0 radical (unpaired) electrons. The molecule has 0 saturated carbocycles.